The third-order valence-electron chi connectivity index (χ3n) is 7.39. The van der Waals surface area contributed by atoms with E-state index in [2.05, 4.69) is 9.97 Å². The summed E-state index contributed by atoms with van der Waals surface area (Å²) in [7, 11) is 4.76. The molecule has 1 saturated heterocycles. The van der Waals surface area contributed by atoms with Crippen molar-refractivity contribution in [1.29, 1.82) is 0 Å². The molecule has 1 aromatic carbocycles. The second-order valence-electron chi connectivity index (χ2n) is 10.1. The Kier molecular flexibility index (Phi) is 6.45. The first-order chi connectivity index (χ1) is 18.0. The average Bonchev–Trinajstić information content (AvgIpc) is 3.41. The lowest BCUT2D eigenvalue weighted by atomic mass is 9.91. The molecule has 3 aromatic heterocycles. The second kappa shape index (κ2) is 9.49. The lowest BCUT2D eigenvalue weighted by Gasteiger charge is -2.34. The lowest BCUT2D eigenvalue weighted by molar-refractivity contribution is -0.138. The van der Waals surface area contributed by atoms with Crippen molar-refractivity contribution < 1.29 is 19.7 Å². The van der Waals surface area contributed by atoms with Crippen molar-refractivity contribution in [2.75, 3.05) is 19.7 Å². The molecule has 0 unspecified atom stereocenters. The molecular weight excluding hydrogens is 494 g/mol. The van der Waals surface area contributed by atoms with Crippen LogP contribution in [-0.4, -0.2) is 80.7 Å². The van der Waals surface area contributed by atoms with Gasteiger partial charge in [0.15, 0.2) is 11.2 Å². The number of para-hydroxylation sites is 2. The minimum Gasteiger partial charge on any atom is -0.391 e. The number of imidazole rings is 2. The number of carbonyl (C=O) groups is 1. The molecule has 0 spiro atoms. The molecule has 5 rings (SSSR count). The van der Waals surface area contributed by atoms with E-state index >= 15 is 0 Å². The predicted octanol–water partition coefficient (Wildman–Crippen LogP) is -0.577. The van der Waals surface area contributed by atoms with Crippen molar-refractivity contribution >= 4 is 28.1 Å². The van der Waals surface area contributed by atoms with Gasteiger partial charge in [-0.2, -0.15) is 0 Å². The van der Waals surface area contributed by atoms with E-state index in [0.717, 1.165) is 15.6 Å². The highest BCUT2D eigenvalue weighted by Crippen LogP contribution is 2.33. The van der Waals surface area contributed by atoms with Gasteiger partial charge in [-0.15, -0.1) is 0 Å². The van der Waals surface area contributed by atoms with Crippen molar-refractivity contribution in [2.24, 2.45) is 21.1 Å². The molecule has 1 amide bonds. The highest BCUT2D eigenvalue weighted by Gasteiger charge is 2.42. The molecule has 1 aliphatic rings. The van der Waals surface area contributed by atoms with Crippen LogP contribution in [-0.2, 0) is 37.3 Å². The number of carbonyl (C=O) groups excluding carboxylic acids is 1. The maximum atomic E-state index is 13.2. The Morgan fingerprint density at radius 3 is 2.61 bits per heavy atom. The van der Waals surface area contributed by atoms with Crippen molar-refractivity contribution in [3.8, 4) is 0 Å². The highest BCUT2D eigenvalue weighted by atomic mass is 16.5. The minimum absolute atomic E-state index is 0.00397. The van der Waals surface area contributed by atoms with E-state index in [1.807, 2.05) is 35.9 Å². The Hall–Kier alpha value is -3.81. The number of aliphatic hydroxyl groups excluding tert-OH is 1. The first-order valence-electron chi connectivity index (χ1n) is 12.3. The van der Waals surface area contributed by atoms with Gasteiger partial charge >= 0.3 is 5.69 Å². The number of hydrogen-bond donors (Lipinski definition) is 2. The van der Waals surface area contributed by atoms with Gasteiger partial charge in [0.1, 0.15) is 19.0 Å². The monoisotopic (exact) mass is 525 g/mol. The molecule has 13 nitrogen and oxygen atoms in total. The maximum absolute atomic E-state index is 13.2. The number of aromatic nitrogens is 6. The fraction of sp³-hybridized carbons (Fsp3) is 0.480. The van der Waals surface area contributed by atoms with Gasteiger partial charge in [0.25, 0.3) is 5.56 Å². The number of aliphatic hydroxyl groups is 2. The fourth-order valence-corrected chi connectivity index (χ4v) is 5.25. The van der Waals surface area contributed by atoms with Crippen molar-refractivity contribution in [2.45, 2.75) is 37.7 Å². The second-order valence-corrected chi connectivity index (χ2v) is 10.1. The van der Waals surface area contributed by atoms with Gasteiger partial charge in [0.05, 0.1) is 35.1 Å². The number of nitrogens with zero attached hydrogens (tertiary/aromatic N) is 7. The molecule has 1 aliphatic heterocycles. The van der Waals surface area contributed by atoms with Crippen LogP contribution in [0, 0.1) is 0 Å². The van der Waals surface area contributed by atoms with Crippen LogP contribution in [0.2, 0.25) is 0 Å². The first kappa shape index (κ1) is 25.8. The van der Waals surface area contributed by atoms with Crippen LogP contribution < -0.4 is 11.2 Å². The van der Waals surface area contributed by atoms with E-state index in [0.29, 0.717) is 5.82 Å². The number of rotatable bonds is 5. The normalized spacial score (nSPS) is 22.3. The van der Waals surface area contributed by atoms with Crippen molar-refractivity contribution in [1.82, 2.24) is 33.1 Å². The molecule has 0 saturated carbocycles. The molecule has 4 heterocycles. The van der Waals surface area contributed by atoms with E-state index in [-0.39, 0.29) is 49.8 Å². The maximum Gasteiger partial charge on any atom is 0.332 e. The molecule has 2 N–H and O–H groups in total. The van der Waals surface area contributed by atoms with Crippen molar-refractivity contribution in [3.63, 3.8) is 0 Å². The van der Waals surface area contributed by atoms with Crippen LogP contribution in [0.4, 0.5) is 0 Å². The molecule has 38 heavy (non-hydrogen) atoms. The summed E-state index contributed by atoms with van der Waals surface area (Å²) >= 11 is 0. The Labute approximate surface area is 217 Å². The fourth-order valence-electron chi connectivity index (χ4n) is 5.25. The highest BCUT2D eigenvalue weighted by molar-refractivity contribution is 5.78. The zero-order chi connectivity index (χ0) is 27.4. The molecule has 202 valence electrons. The number of fused-ring (bicyclic) bond motifs is 2. The number of hydrogen-bond acceptors (Lipinski definition) is 8. The third kappa shape index (κ3) is 4.31. The summed E-state index contributed by atoms with van der Waals surface area (Å²) in [6.07, 6.45) is 0.349. The van der Waals surface area contributed by atoms with Crippen LogP contribution in [0.25, 0.3) is 22.2 Å². The molecular formula is C25H31N7O6. The van der Waals surface area contributed by atoms with Crippen LogP contribution in [0.15, 0.2) is 40.2 Å². The van der Waals surface area contributed by atoms with E-state index in [1.54, 1.807) is 6.92 Å². The zero-order valence-corrected chi connectivity index (χ0v) is 21.7. The molecule has 13 heteroatoms. The Balaban J connectivity index is 1.39. The summed E-state index contributed by atoms with van der Waals surface area (Å²) in [4.78, 5) is 48.8. The molecule has 4 aromatic rings. The molecule has 0 bridgehead atoms. The van der Waals surface area contributed by atoms with Crippen LogP contribution >= 0.6 is 0 Å². The van der Waals surface area contributed by atoms with Crippen LogP contribution in [0.1, 0.15) is 25.2 Å². The molecule has 3 atom stereocenters. The van der Waals surface area contributed by atoms with Gasteiger partial charge in [-0.3, -0.25) is 18.7 Å². The predicted molar refractivity (Wildman–Crippen MR) is 137 cm³/mol. The van der Waals surface area contributed by atoms with Crippen LogP contribution in [0.5, 0.6) is 0 Å². The summed E-state index contributed by atoms with van der Waals surface area (Å²) in [5, 5.41) is 22.0. The van der Waals surface area contributed by atoms with Gasteiger partial charge < -0.3 is 29.0 Å². The van der Waals surface area contributed by atoms with Gasteiger partial charge in [0.2, 0.25) is 5.91 Å². The van der Waals surface area contributed by atoms with Gasteiger partial charge in [-0.25, -0.2) is 14.8 Å². The standard InChI is InChI=1S/C25H31N7O6/c1-25(37)9-15(33)10-31(20(34)13-38-12-19-27-16-7-5-6-8-17(16)28(19)2)11-18(25)32-14-26-22-21(32)23(35)30(4)24(36)29(22)3/h5-8,14-15,18,33,37H,9-13H2,1-4H3/t15-,18+,25+/m0/s1. The topological polar surface area (TPSA) is 150 Å². The SMILES string of the molecule is Cn1c(=O)c2c(ncn2[C@@H]2CN(C(=O)COCc3nc4ccccc4n3C)C[C@@H](O)C[C@@]2(C)O)n(C)c1=O. The van der Waals surface area contributed by atoms with Gasteiger partial charge in [-0.1, -0.05) is 12.1 Å². The lowest BCUT2D eigenvalue weighted by Crippen LogP contribution is -2.44. The Morgan fingerprint density at radius 1 is 1.13 bits per heavy atom. The smallest absolute Gasteiger partial charge is 0.332 e. The van der Waals surface area contributed by atoms with Gasteiger partial charge in [-0.05, 0) is 19.1 Å². The Morgan fingerprint density at radius 2 is 1.87 bits per heavy atom. The number of ether oxygens (including phenoxy) is 1. The number of aryl methyl sites for hydroxylation is 2. The first-order valence-corrected chi connectivity index (χ1v) is 12.3. The molecule has 0 aliphatic carbocycles. The summed E-state index contributed by atoms with van der Waals surface area (Å²) in [5.41, 5.74) is -0.499. The minimum atomic E-state index is -1.49. The third-order valence-corrected chi connectivity index (χ3v) is 7.39. The van der Waals surface area contributed by atoms with E-state index in [4.69, 9.17) is 4.74 Å². The average molecular weight is 526 g/mol. The number of benzene rings is 1. The number of likely N-dealkylation sites (tertiary alicyclic amines) is 1. The molecule has 1 fully saturated rings. The summed E-state index contributed by atoms with van der Waals surface area (Å²) in [6, 6.07) is 6.86. The largest absolute Gasteiger partial charge is 0.391 e. The summed E-state index contributed by atoms with van der Waals surface area (Å²) in [6.45, 7) is 1.39. The van der Waals surface area contributed by atoms with E-state index in [9.17, 15) is 24.6 Å². The quantitative estimate of drug-likeness (QED) is 0.352. The van der Waals surface area contributed by atoms with Crippen LogP contribution in [0.3, 0.4) is 0 Å². The van der Waals surface area contributed by atoms with Gasteiger partial charge in [0, 0.05) is 40.7 Å². The zero-order valence-electron chi connectivity index (χ0n) is 21.7. The van der Waals surface area contributed by atoms with E-state index < -0.39 is 29.0 Å². The summed E-state index contributed by atoms with van der Waals surface area (Å²) in [5.74, 6) is 0.289. The molecule has 0 radical (unpaired) electrons. The Bertz CT molecular complexity index is 1650. The number of amides is 1. The number of β-amino-alcohol motifs (C(OH)–C–C–N with tert-alkyl or cyclic N) is 1. The van der Waals surface area contributed by atoms with E-state index in [1.165, 1.54) is 34.5 Å². The van der Waals surface area contributed by atoms with Crippen molar-refractivity contribution in [3.05, 3.63) is 57.3 Å². The summed E-state index contributed by atoms with van der Waals surface area (Å²) < 4.78 is 11.3.